The summed E-state index contributed by atoms with van der Waals surface area (Å²) in [6, 6.07) is 7.09. The van der Waals surface area contributed by atoms with Crippen molar-refractivity contribution in [2.24, 2.45) is 5.92 Å². The second-order valence-corrected chi connectivity index (χ2v) is 6.26. The molecule has 1 heterocycles. The van der Waals surface area contributed by atoms with E-state index in [0.29, 0.717) is 11.6 Å². The second-order valence-electron chi connectivity index (χ2n) is 5.31. The number of carbonyl (C=O) groups excluding carboxylic acids is 1. The Morgan fingerprint density at radius 1 is 1.33 bits per heavy atom. The number of fused-ring (bicyclic) bond motifs is 1. The Balaban J connectivity index is 1.63. The Kier molecular flexibility index (Phi) is 3.79. The van der Waals surface area contributed by atoms with E-state index in [4.69, 9.17) is 5.11 Å². The first kappa shape index (κ1) is 13.9. The number of urea groups is 1. The van der Waals surface area contributed by atoms with Gasteiger partial charge in [-0.2, -0.15) is 0 Å². The topological polar surface area (TPSA) is 78.4 Å². The van der Waals surface area contributed by atoms with E-state index < -0.39 is 5.97 Å². The SMILES string of the molecule is O=C(O)CC(NC(=O)Nc1ccc2sccc2c1)C1CC1. The second kappa shape index (κ2) is 5.73. The van der Waals surface area contributed by atoms with Crippen LogP contribution in [0, 0.1) is 5.92 Å². The van der Waals surface area contributed by atoms with Crippen molar-refractivity contribution in [3.05, 3.63) is 29.6 Å². The van der Waals surface area contributed by atoms with E-state index in [1.165, 1.54) is 4.70 Å². The van der Waals surface area contributed by atoms with Gasteiger partial charge in [-0.15, -0.1) is 11.3 Å². The fourth-order valence-corrected chi connectivity index (χ4v) is 3.17. The molecule has 0 bridgehead atoms. The number of anilines is 1. The zero-order chi connectivity index (χ0) is 14.8. The predicted molar refractivity (Wildman–Crippen MR) is 82.7 cm³/mol. The molecule has 1 unspecified atom stereocenters. The number of carboxylic acid groups (broad SMARTS) is 1. The van der Waals surface area contributed by atoms with E-state index in [1.54, 1.807) is 11.3 Å². The average molecular weight is 304 g/mol. The third kappa shape index (κ3) is 3.52. The van der Waals surface area contributed by atoms with Crippen molar-refractivity contribution in [3.8, 4) is 0 Å². The molecule has 0 aliphatic heterocycles. The normalized spacial score (nSPS) is 15.6. The van der Waals surface area contributed by atoms with Crippen LogP contribution >= 0.6 is 11.3 Å². The zero-order valence-corrected chi connectivity index (χ0v) is 12.2. The van der Waals surface area contributed by atoms with Crippen LogP contribution in [0.1, 0.15) is 19.3 Å². The summed E-state index contributed by atoms with van der Waals surface area (Å²) < 4.78 is 1.17. The van der Waals surface area contributed by atoms with Crippen molar-refractivity contribution in [1.82, 2.24) is 5.32 Å². The number of hydrogen-bond acceptors (Lipinski definition) is 3. The average Bonchev–Trinajstić information content (AvgIpc) is 3.16. The number of rotatable bonds is 5. The molecular weight excluding hydrogens is 288 g/mol. The highest BCUT2D eigenvalue weighted by molar-refractivity contribution is 7.17. The van der Waals surface area contributed by atoms with Gasteiger partial charge in [0.15, 0.2) is 0 Å². The highest BCUT2D eigenvalue weighted by Crippen LogP contribution is 2.34. The Bertz CT molecular complexity index is 678. The van der Waals surface area contributed by atoms with Crippen LogP contribution in [0.4, 0.5) is 10.5 Å². The van der Waals surface area contributed by atoms with Crippen LogP contribution in [0.5, 0.6) is 0 Å². The van der Waals surface area contributed by atoms with E-state index in [0.717, 1.165) is 18.2 Å². The molecule has 110 valence electrons. The zero-order valence-electron chi connectivity index (χ0n) is 11.3. The molecule has 1 atom stereocenters. The Hall–Kier alpha value is -2.08. The summed E-state index contributed by atoms with van der Waals surface area (Å²) in [5.74, 6) is -0.585. The molecule has 6 heteroatoms. The molecule has 0 spiro atoms. The van der Waals surface area contributed by atoms with E-state index in [1.807, 2.05) is 29.6 Å². The number of carboxylic acids is 1. The van der Waals surface area contributed by atoms with Crippen LogP contribution in [0.15, 0.2) is 29.6 Å². The van der Waals surface area contributed by atoms with Crippen LogP contribution in [-0.2, 0) is 4.79 Å². The van der Waals surface area contributed by atoms with Gasteiger partial charge in [-0.1, -0.05) is 0 Å². The maximum absolute atomic E-state index is 12.0. The van der Waals surface area contributed by atoms with Gasteiger partial charge in [-0.05, 0) is 53.8 Å². The minimum Gasteiger partial charge on any atom is -0.481 e. The summed E-state index contributed by atoms with van der Waals surface area (Å²) in [6.07, 6.45) is 1.94. The predicted octanol–water partition coefficient (Wildman–Crippen LogP) is 3.28. The largest absolute Gasteiger partial charge is 0.481 e. The van der Waals surface area contributed by atoms with Gasteiger partial charge >= 0.3 is 12.0 Å². The molecule has 2 amide bonds. The van der Waals surface area contributed by atoms with Gasteiger partial charge in [0, 0.05) is 16.4 Å². The van der Waals surface area contributed by atoms with E-state index in [-0.39, 0.29) is 18.5 Å². The van der Waals surface area contributed by atoms with Crippen molar-refractivity contribution in [1.29, 1.82) is 0 Å². The summed E-state index contributed by atoms with van der Waals surface area (Å²) in [6.45, 7) is 0. The molecule has 1 aromatic carbocycles. The van der Waals surface area contributed by atoms with E-state index >= 15 is 0 Å². The van der Waals surface area contributed by atoms with Crippen molar-refractivity contribution in [2.45, 2.75) is 25.3 Å². The first-order valence-corrected chi connectivity index (χ1v) is 7.76. The van der Waals surface area contributed by atoms with Gasteiger partial charge in [0.25, 0.3) is 0 Å². The molecule has 1 fully saturated rings. The quantitative estimate of drug-likeness (QED) is 0.793. The lowest BCUT2D eigenvalue weighted by molar-refractivity contribution is -0.137. The Morgan fingerprint density at radius 3 is 2.86 bits per heavy atom. The molecule has 1 aliphatic rings. The van der Waals surface area contributed by atoms with E-state index in [9.17, 15) is 9.59 Å². The van der Waals surface area contributed by atoms with Crippen LogP contribution in [0.3, 0.4) is 0 Å². The highest BCUT2D eigenvalue weighted by atomic mass is 32.1. The lowest BCUT2D eigenvalue weighted by Crippen LogP contribution is -2.40. The number of nitrogens with one attached hydrogen (secondary N) is 2. The summed E-state index contributed by atoms with van der Waals surface area (Å²) in [5, 5.41) is 17.5. The van der Waals surface area contributed by atoms with Crippen LogP contribution in [0.25, 0.3) is 10.1 Å². The van der Waals surface area contributed by atoms with Gasteiger partial charge in [0.05, 0.1) is 6.42 Å². The Labute approximate surface area is 126 Å². The van der Waals surface area contributed by atoms with E-state index in [2.05, 4.69) is 10.6 Å². The first-order chi connectivity index (χ1) is 10.1. The summed E-state index contributed by atoms with van der Waals surface area (Å²) >= 11 is 1.65. The third-order valence-corrected chi connectivity index (χ3v) is 4.51. The van der Waals surface area contributed by atoms with Crippen molar-refractivity contribution in [3.63, 3.8) is 0 Å². The number of aliphatic carboxylic acids is 1. The monoisotopic (exact) mass is 304 g/mol. The molecule has 21 heavy (non-hydrogen) atoms. The maximum atomic E-state index is 12.0. The number of amides is 2. The molecule has 0 saturated heterocycles. The molecule has 3 N–H and O–H groups in total. The minimum absolute atomic E-state index is 0.0261. The number of carbonyl (C=O) groups is 2. The van der Waals surface area contributed by atoms with Crippen LogP contribution in [-0.4, -0.2) is 23.1 Å². The Morgan fingerprint density at radius 2 is 2.14 bits per heavy atom. The number of benzene rings is 1. The smallest absolute Gasteiger partial charge is 0.319 e. The van der Waals surface area contributed by atoms with Crippen molar-refractivity contribution >= 4 is 39.1 Å². The molecule has 1 aromatic heterocycles. The molecule has 1 aliphatic carbocycles. The van der Waals surface area contributed by atoms with Crippen molar-refractivity contribution < 1.29 is 14.7 Å². The fraction of sp³-hybridized carbons (Fsp3) is 0.333. The summed E-state index contributed by atoms with van der Waals surface area (Å²) in [4.78, 5) is 22.8. The first-order valence-electron chi connectivity index (χ1n) is 6.88. The molecule has 2 aromatic rings. The minimum atomic E-state index is -0.883. The highest BCUT2D eigenvalue weighted by Gasteiger charge is 2.33. The fourth-order valence-electron chi connectivity index (χ4n) is 2.40. The van der Waals surface area contributed by atoms with Crippen molar-refractivity contribution in [2.75, 3.05) is 5.32 Å². The molecule has 1 saturated carbocycles. The third-order valence-electron chi connectivity index (χ3n) is 3.61. The van der Waals surface area contributed by atoms with Crippen LogP contribution in [0.2, 0.25) is 0 Å². The lowest BCUT2D eigenvalue weighted by Gasteiger charge is -2.16. The van der Waals surface area contributed by atoms with Gasteiger partial charge in [-0.3, -0.25) is 4.79 Å². The molecule has 3 rings (SSSR count). The summed E-state index contributed by atoms with van der Waals surface area (Å²) in [5.41, 5.74) is 0.711. The molecule has 5 nitrogen and oxygen atoms in total. The standard InChI is InChI=1S/C15H16N2O3S/c18-14(19)8-12(9-1-2-9)17-15(20)16-11-3-4-13-10(7-11)5-6-21-13/h3-7,9,12H,1-2,8H2,(H,18,19)(H2,16,17,20). The van der Waals surface area contributed by atoms with Gasteiger partial charge in [0.1, 0.15) is 0 Å². The molecule has 0 radical (unpaired) electrons. The van der Waals surface area contributed by atoms with Gasteiger partial charge in [-0.25, -0.2) is 4.79 Å². The lowest BCUT2D eigenvalue weighted by atomic mass is 10.1. The summed E-state index contributed by atoms with van der Waals surface area (Å²) in [7, 11) is 0. The van der Waals surface area contributed by atoms with Gasteiger partial charge < -0.3 is 15.7 Å². The maximum Gasteiger partial charge on any atom is 0.319 e. The number of hydrogen-bond donors (Lipinski definition) is 3. The number of thiophene rings is 1. The van der Waals surface area contributed by atoms with Crippen LogP contribution < -0.4 is 10.6 Å². The van der Waals surface area contributed by atoms with Gasteiger partial charge in [0.2, 0.25) is 0 Å². The molecular formula is C15H16N2O3S.